The molecule has 0 aliphatic heterocycles. The van der Waals surface area contributed by atoms with E-state index in [4.69, 9.17) is 4.74 Å². The lowest BCUT2D eigenvalue weighted by atomic mass is 9.85. The van der Waals surface area contributed by atoms with Gasteiger partial charge in [0.1, 0.15) is 5.60 Å². The van der Waals surface area contributed by atoms with Crippen molar-refractivity contribution in [3.05, 3.63) is 0 Å². The SMILES string of the molecule is CC(C)CC(NC1CC(NC(=O)OC(C)(C)C)C1)C(=O)N(C)C. The highest BCUT2D eigenvalue weighted by Crippen LogP contribution is 2.22. The summed E-state index contributed by atoms with van der Waals surface area (Å²) in [6.45, 7) is 9.78. The number of carbonyl (C=O) groups excluding carboxylic acids is 2. The molecule has 0 bridgehead atoms. The third-order valence-electron chi connectivity index (χ3n) is 3.74. The molecule has 2 N–H and O–H groups in total. The molecule has 0 aromatic heterocycles. The number of nitrogens with one attached hydrogen (secondary N) is 2. The number of ether oxygens (including phenoxy) is 1. The predicted octanol–water partition coefficient (Wildman–Crippen LogP) is 2.13. The third-order valence-corrected chi connectivity index (χ3v) is 3.74. The molecule has 134 valence electrons. The van der Waals surface area contributed by atoms with Gasteiger partial charge in [-0.3, -0.25) is 4.79 Å². The fourth-order valence-corrected chi connectivity index (χ4v) is 2.65. The molecule has 23 heavy (non-hydrogen) atoms. The van der Waals surface area contributed by atoms with Gasteiger partial charge >= 0.3 is 6.09 Å². The maximum atomic E-state index is 12.2. The number of nitrogens with zero attached hydrogens (tertiary/aromatic N) is 1. The highest BCUT2D eigenvalue weighted by atomic mass is 16.6. The van der Waals surface area contributed by atoms with Gasteiger partial charge in [-0.05, 0) is 46.0 Å². The monoisotopic (exact) mass is 327 g/mol. The molecule has 1 rings (SSSR count). The van der Waals surface area contributed by atoms with Crippen LogP contribution >= 0.6 is 0 Å². The zero-order chi connectivity index (χ0) is 17.8. The topological polar surface area (TPSA) is 70.7 Å². The zero-order valence-electron chi connectivity index (χ0n) is 15.6. The molecule has 0 saturated heterocycles. The van der Waals surface area contributed by atoms with Gasteiger partial charge in [-0.1, -0.05) is 13.8 Å². The van der Waals surface area contributed by atoms with Crippen molar-refractivity contribution in [2.24, 2.45) is 5.92 Å². The predicted molar refractivity (Wildman–Crippen MR) is 91.3 cm³/mol. The number of alkyl carbamates (subject to hydrolysis) is 1. The first-order chi connectivity index (χ1) is 10.5. The van der Waals surface area contributed by atoms with Gasteiger partial charge in [0.15, 0.2) is 0 Å². The van der Waals surface area contributed by atoms with Crippen molar-refractivity contribution in [3.8, 4) is 0 Å². The van der Waals surface area contributed by atoms with E-state index in [9.17, 15) is 9.59 Å². The first-order valence-electron chi connectivity index (χ1n) is 8.44. The van der Waals surface area contributed by atoms with Crippen LogP contribution < -0.4 is 10.6 Å². The number of likely N-dealkylation sites (N-methyl/N-ethyl adjacent to an activating group) is 1. The molecule has 2 amide bonds. The van der Waals surface area contributed by atoms with Gasteiger partial charge in [0.25, 0.3) is 0 Å². The Balaban J connectivity index is 2.39. The van der Waals surface area contributed by atoms with Crippen LogP contribution in [0.1, 0.15) is 53.9 Å². The summed E-state index contributed by atoms with van der Waals surface area (Å²) in [6.07, 6.45) is 2.10. The van der Waals surface area contributed by atoms with Crippen LogP contribution in [-0.4, -0.2) is 54.7 Å². The quantitative estimate of drug-likeness (QED) is 0.784. The van der Waals surface area contributed by atoms with E-state index < -0.39 is 5.60 Å². The minimum Gasteiger partial charge on any atom is -0.444 e. The molecular formula is C17H33N3O3. The minimum atomic E-state index is -0.480. The van der Waals surface area contributed by atoms with Crippen molar-refractivity contribution in [3.63, 3.8) is 0 Å². The molecule has 1 atom stereocenters. The van der Waals surface area contributed by atoms with Crippen LogP contribution in [0.3, 0.4) is 0 Å². The fraction of sp³-hybridized carbons (Fsp3) is 0.882. The van der Waals surface area contributed by atoms with E-state index in [1.807, 2.05) is 20.8 Å². The summed E-state index contributed by atoms with van der Waals surface area (Å²) in [7, 11) is 3.57. The summed E-state index contributed by atoms with van der Waals surface area (Å²) in [5.74, 6) is 0.564. The lowest BCUT2D eigenvalue weighted by Crippen LogP contribution is -2.57. The van der Waals surface area contributed by atoms with E-state index in [1.165, 1.54) is 0 Å². The van der Waals surface area contributed by atoms with Gasteiger partial charge < -0.3 is 20.3 Å². The molecule has 0 spiro atoms. The van der Waals surface area contributed by atoms with Gasteiger partial charge in [0.05, 0.1) is 6.04 Å². The van der Waals surface area contributed by atoms with E-state index >= 15 is 0 Å². The maximum Gasteiger partial charge on any atom is 0.407 e. The van der Waals surface area contributed by atoms with Crippen LogP contribution in [0.25, 0.3) is 0 Å². The molecule has 1 unspecified atom stereocenters. The molecule has 1 fully saturated rings. The van der Waals surface area contributed by atoms with Crippen molar-refractivity contribution in [2.45, 2.75) is 77.6 Å². The van der Waals surface area contributed by atoms with E-state index in [1.54, 1.807) is 19.0 Å². The average Bonchev–Trinajstić information content (AvgIpc) is 2.30. The van der Waals surface area contributed by atoms with Gasteiger partial charge in [0, 0.05) is 26.2 Å². The molecule has 1 aliphatic rings. The highest BCUT2D eigenvalue weighted by Gasteiger charge is 2.34. The Morgan fingerprint density at radius 1 is 1.17 bits per heavy atom. The second-order valence-corrected chi connectivity index (χ2v) is 8.09. The molecule has 0 aromatic carbocycles. The number of carbonyl (C=O) groups is 2. The van der Waals surface area contributed by atoms with Crippen molar-refractivity contribution < 1.29 is 14.3 Å². The number of rotatable bonds is 6. The Labute approximate surface area is 140 Å². The Morgan fingerprint density at radius 3 is 2.17 bits per heavy atom. The largest absolute Gasteiger partial charge is 0.444 e. The number of hydrogen-bond donors (Lipinski definition) is 2. The van der Waals surface area contributed by atoms with Crippen molar-refractivity contribution in [1.82, 2.24) is 15.5 Å². The van der Waals surface area contributed by atoms with Crippen molar-refractivity contribution >= 4 is 12.0 Å². The second-order valence-electron chi connectivity index (χ2n) is 8.09. The van der Waals surface area contributed by atoms with Crippen LogP contribution in [-0.2, 0) is 9.53 Å². The summed E-state index contributed by atoms with van der Waals surface area (Å²) in [5.41, 5.74) is -0.480. The van der Waals surface area contributed by atoms with E-state index in [0.29, 0.717) is 5.92 Å². The fourth-order valence-electron chi connectivity index (χ4n) is 2.65. The summed E-state index contributed by atoms with van der Waals surface area (Å²) in [5, 5.41) is 6.31. The minimum absolute atomic E-state index is 0.113. The lowest BCUT2D eigenvalue weighted by molar-refractivity contribution is -0.131. The van der Waals surface area contributed by atoms with E-state index in [2.05, 4.69) is 24.5 Å². The average molecular weight is 327 g/mol. The van der Waals surface area contributed by atoms with Crippen LogP contribution in [0.2, 0.25) is 0 Å². The van der Waals surface area contributed by atoms with E-state index in [-0.39, 0.29) is 30.1 Å². The first-order valence-corrected chi connectivity index (χ1v) is 8.44. The lowest BCUT2D eigenvalue weighted by Gasteiger charge is -2.39. The summed E-state index contributed by atoms with van der Waals surface area (Å²) in [4.78, 5) is 25.6. The van der Waals surface area contributed by atoms with Crippen LogP contribution in [0, 0.1) is 5.92 Å². The number of amides is 2. The molecular weight excluding hydrogens is 294 g/mol. The van der Waals surface area contributed by atoms with Crippen molar-refractivity contribution in [1.29, 1.82) is 0 Å². The highest BCUT2D eigenvalue weighted by molar-refractivity contribution is 5.81. The molecule has 0 radical (unpaired) electrons. The maximum absolute atomic E-state index is 12.2. The number of hydrogen-bond acceptors (Lipinski definition) is 4. The molecule has 1 aliphatic carbocycles. The van der Waals surface area contributed by atoms with Gasteiger partial charge in [-0.15, -0.1) is 0 Å². The smallest absolute Gasteiger partial charge is 0.407 e. The van der Waals surface area contributed by atoms with Gasteiger partial charge in [-0.2, -0.15) is 0 Å². The Hall–Kier alpha value is -1.30. The second kappa shape index (κ2) is 7.99. The Bertz CT molecular complexity index is 410. The summed E-state index contributed by atoms with van der Waals surface area (Å²) < 4.78 is 5.25. The zero-order valence-corrected chi connectivity index (χ0v) is 15.6. The van der Waals surface area contributed by atoms with Gasteiger partial charge in [0.2, 0.25) is 5.91 Å². The van der Waals surface area contributed by atoms with Crippen LogP contribution in [0.15, 0.2) is 0 Å². The van der Waals surface area contributed by atoms with Gasteiger partial charge in [-0.25, -0.2) is 4.79 Å². The third kappa shape index (κ3) is 7.20. The molecule has 1 saturated carbocycles. The molecule has 0 heterocycles. The molecule has 6 nitrogen and oxygen atoms in total. The summed E-state index contributed by atoms with van der Waals surface area (Å²) in [6, 6.07) is 0.233. The molecule has 0 aromatic rings. The standard InChI is InChI=1S/C17H33N3O3/c1-11(2)8-14(15(21)20(6)7)18-12-9-13(10-12)19-16(22)23-17(3,4)5/h11-14,18H,8-10H2,1-7H3,(H,19,22). The Morgan fingerprint density at radius 2 is 1.74 bits per heavy atom. The van der Waals surface area contributed by atoms with Crippen LogP contribution in [0.5, 0.6) is 0 Å². The van der Waals surface area contributed by atoms with Crippen LogP contribution in [0.4, 0.5) is 4.79 Å². The summed E-state index contributed by atoms with van der Waals surface area (Å²) >= 11 is 0. The Kier molecular flexibility index (Phi) is 6.86. The normalized spacial score (nSPS) is 22.3. The van der Waals surface area contributed by atoms with Crippen molar-refractivity contribution in [2.75, 3.05) is 14.1 Å². The first kappa shape index (κ1) is 19.7. The molecule has 6 heteroatoms. The van der Waals surface area contributed by atoms with E-state index in [0.717, 1.165) is 19.3 Å².